The van der Waals surface area contributed by atoms with Crippen molar-refractivity contribution in [3.05, 3.63) is 0 Å². The molecule has 300 valence electrons. The molecule has 0 amide bonds. The van der Waals surface area contributed by atoms with Gasteiger partial charge in [-0.15, -0.1) is 4.52 Å². The molecule has 0 radical (unpaired) electrons. The van der Waals surface area contributed by atoms with Gasteiger partial charge >= 0.3 is 16.1 Å². The first-order valence-electron chi connectivity index (χ1n) is 22.3. The van der Waals surface area contributed by atoms with Crippen LogP contribution < -0.4 is 0 Å². The van der Waals surface area contributed by atoms with E-state index < -0.39 is 16.1 Å². The van der Waals surface area contributed by atoms with Gasteiger partial charge in [-0.25, -0.2) is 4.57 Å². The first-order valence-corrected chi connectivity index (χ1v) is 24.8. The number of phosphoric ester groups is 1. The van der Waals surface area contributed by atoms with Gasteiger partial charge in [0, 0.05) is 4.57 Å². The molecule has 0 aromatic heterocycles. The van der Waals surface area contributed by atoms with Gasteiger partial charge in [-0.05, 0) is 23.6 Å². The van der Waals surface area contributed by atoms with Crippen LogP contribution in [0.5, 0.6) is 0 Å². The van der Waals surface area contributed by atoms with E-state index in [0.717, 1.165) is 51.4 Å². The van der Waals surface area contributed by atoms with Crippen molar-refractivity contribution in [2.45, 2.75) is 252 Å². The Bertz CT molecular complexity index is 688. The number of hydrogen-bond acceptors (Lipinski definition) is 6. The Balaban J connectivity index is 4.21. The van der Waals surface area contributed by atoms with Crippen molar-refractivity contribution in [1.82, 2.24) is 0 Å². The fourth-order valence-electron chi connectivity index (χ4n) is 6.51. The molecule has 0 rings (SSSR count). The first-order chi connectivity index (χ1) is 24.6. The topological polar surface area (TPSA) is 71.1 Å². The molecule has 1 unspecified atom stereocenters. The summed E-state index contributed by atoms with van der Waals surface area (Å²) >= 11 is 0. The summed E-state index contributed by atoms with van der Waals surface area (Å²) in [5, 5.41) is 0. The third kappa shape index (κ3) is 39.4. The van der Waals surface area contributed by atoms with Crippen LogP contribution in [0.25, 0.3) is 0 Å². The maximum absolute atomic E-state index is 13.4. The molecule has 0 saturated carbocycles. The summed E-state index contributed by atoms with van der Waals surface area (Å²) in [6, 6.07) is 0. The maximum atomic E-state index is 13.4. The van der Waals surface area contributed by atoms with E-state index in [4.69, 9.17) is 17.9 Å². The summed E-state index contributed by atoms with van der Waals surface area (Å²) < 4.78 is 48.1. The smallest absolute Gasteiger partial charge is 0.284 e. The summed E-state index contributed by atoms with van der Waals surface area (Å²) in [7, 11) is -6.49. The molecule has 0 fully saturated rings. The molecule has 0 N–H and O–H groups in total. The van der Waals surface area contributed by atoms with E-state index in [9.17, 15) is 9.13 Å². The van der Waals surface area contributed by atoms with E-state index in [1.54, 1.807) is 0 Å². The molecule has 50 heavy (non-hydrogen) atoms. The third-order valence-corrected chi connectivity index (χ3v) is 12.6. The molecule has 1 atom stereocenters. The average Bonchev–Trinajstić information content (AvgIpc) is 3.11. The summed E-state index contributed by atoms with van der Waals surface area (Å²) in [5.74, 6) is 0. The third-order valence-electron chi connectivity index (χ3n) is 9.86. The highest BCUT2D eigenvalue weighted by atomic mass is 31.2. The molecule has 8 heteroatoms. The van der Waals surface area contributed by atoms with Crippen molar-refractivity contribution in [2.24, 2.45) is 0 Å². The summed E-state index contributed by atoms with van der Waals surface area (Å²) in [4.78, 5) is 0. The Morgan fingerprint density at radius 3 is 0.820 bits per heavy atom. The van der Waals surface area contributed by atoms with Crippen LogP contribution in [0, 0.1) is 0 Å². The van der Waals surface area contributed by atoms with E-state index in [2.05, 4.69) is 20.8 Å². The maximum Gasteiger partial charge on any atom is 0.708 e. The Kier molecular flexibility index (Phi) is 42.1. The largest absolute Gasteiger partial charge is 0.708 e. The molecule has 0 saturated heterocycles. The number of unbranched alkanes of at least 4 members (excludes halogenated alkanes) is 33. The quantitative estimate of drug-likeness (QED) is 0.0456. The van der Waals surface area contributed by atoms with Crippen LogP contribution >= 0.6 is 16.1 Å². The molecule has 0 aliphatic heterocycles. The molecule has 6 nitrogen and oxygen atoms in total. The van der Waals surface area contributed by atoms with Crippen LogP contribution in [-0.4, -0.2) is 19.8 Å². The zero-order valence-electron chi connectivity index (χ0n) is 33.9. The van der Waals surface area contributed by atoms with E-state index >= 15 is 0 Å². The van der Waals surface area contributed by atoms with Gasteiger partial charge in [0.2, 0.25) is 0 Å². The average molecular weight is 750 g/mol. The highest BCUT2D eigenvalue weighted by Crippen LogP contribution is 2.57. The molecule has 0 aromatic rings. The second-order valence-electron chi connectivity index (χ2n) is 14.9. The van der Waals surface area contributed by atoms with Gasteiger partial charge in [-0.1, -0.05) is 233 Å². The van der Waals surface area contributed by atoms with Gasteiger partial charge in [0.25, 0.3) is 0 Å². The zero-order valence-corrected chi connectivity index (χ0v) is 35.7. The number of phosphoric acid groups is 1. The molecule has 0 spiro atoms. The lowest BCUT2D eigenvalue weighted by atomic mass is 10.1. The van der Waals surface area contributed by atoms with Gasteiger partial charge in [0.1, 0.15) is 6.61 Å². The van der Waals surface area contributed by atoms with E-state index in [1.807, 2.05) is 0 Å². The van der Waals surface area contributed by atoms with Crippen LogP contribution in [0.2, 0.25) is 0 Å². The molecular formula is C42H87O6P2+. The summed E-state index contributed by atoms with van der Waals surface area (Å²) in [6.45, 7) is 7.71. The van der Waals surface area contributed by atoms with Gasteiger partial charge in [0.15, 0.2) is 0 Å². The highest BCUT2D eigenvalue weighted by molar-refractivity contribution is 7.56. The van der Waals surface area contributed by atoms with Crippen LogP contribution in [0.4, 0.5) is 0 Å². The van der Waals surface area contributed by atoms with Crippen molar-refractivity contribution in [3.8, 4) is 0 Å². The minimum absolute atomic E-state index is 0.287. The second-order valence-corrected chi connectivity index (χ2v) is 17.7. The van der Waals surface area contributed by atoms with Crippen molar-refractivity contribution >= 4 is 16.1 Å². The Labute approximate surface area is 314 Å². The zero-order chi connectivity index (χ0) is 36.5. The van der Waals surface area contributed by atoms with E-state index in [1.165, 1.54) is 180 Å². The van der Waals surface area contributed by atoms with Gasteiger partial charge in [-0.2, -0.15) is 0 Å². The highest BCUT2D eigenvalue weighted by Gasteiger charge is 2.40. The first kappa shape index (κ1) is 50.2. The standard InChI is InChI=1S/C42H87O6P2/c1-4-7-10-13-16-19-22-25-28-31-34-37-40-45-49(43)48-50(44,46-41-38-35-32-29-26-23-20-17-14-11-8-5-2)47-42-39-36-33-30-27-24-21-18-15-12-9-6-3/h4-42H2,1-3H3/q+1. The van der Waals surface area contributed by atoms with Gasteiger partial charge in [-0.3, -0.25) is 9.05 Å². The summed E-state index contributed by atoms with van der Waals surface area (Å²) in [6.07, 6.45) is 45.0. The predicted molar refractivity (Wildman–Crippen MR) is 217 cm³/mol. The fraction of sp³-hybridized carbons (Fsp3) is 1.00. The van der Waals surface area contributed by atoms with Crippen LogP contribution in [-0.2, 0) is 27.0 Å². The lowest BCUT2D eigenvalue weighted by Crippen LogP contribution is -2.01. The van der Waals surface area contributed by atoms with Gasteiger partial charge < -0.3 is 0 Å². The molecule has 0 aromatic carbocycles. The van der Waals surface area contributed by atoms with E-state index in [0.29, 0.717) is 6.61 Å². The molecule has 0 aliphatic carbocycles. The molecule has 0 heterocycles. The fourth-order valence-corrected chi connectivity index (χ4v) is 8.79. The lowest BCUT2D eigenvalue weighted by molar-refractivity contribution is 0.144. The molecular weight excluding hydrogens is 662 g/mol. The SMILES string of the molecule is CCCCCCCCCCCCCCO[P+](=O)OP(=O)(OCCCCCCCCCCCCCC)OCCCCCCCCCCCCCC. The van der Waals surface area contributed by atoms with Crippen molar-refractivity contribution in [2.75, 3.05) is 19.8 Å². The second kappa shape index (κ2) is 41.9. The van der Waals surface area contributed by atoms with E-state index in [-0.39, 0.29) is 13.2 Å². The van der Waals surface area contributed by atoms with Crippen LogP contribution in [0.1, 0.15) is 252 Å². The van der Waals surface area contributed by atoms with Crippen LogP contribution in [0.3, 0.4) is 0 Å². The van der Waals surface area contributed by atoms with Crippen molar-refractivity contribution < 1.29 is 27.0 Å². The minimum atomic E-state index is -3.94. The summed E-state index contributed by atoms with van der Waals surface area (Å²) in [5.41, 5.74) is 0. The Hall–Kier alpha value is 0.170. The van der Waals surface area contributed by atoms with Gasteiger partial charge in [0.05, 0.1) is 13.2 Å². The van der Waals surface area contributed by atoms with Crippen LogP contribution in [0.15, 0.2) is 0 Å². The minimum Gasteiger partial charge on any atom is -0.284 e. The lowest BCUT2D eigenvalue weighted by Gasteiger charge is -2.12. The van der Waals surface area contributed by atoms with Crippen molar-refractivity contribution in [3.63, 3.8) is 0 Å². The monoisotopic (exact) mass is 750 g/mol. The molecule has 0 bridgehead atoms. The number of rotatable bonds is 44. The Morgan fingerprint density at radius 1 is 0.340 bits per heavy atom. The Morgan fingerprint density at radius 2 is 0.560 bits per heavy atom. The normalized spacial score (nSPS) is 12.3. The number of hydrogen-bond donors (Lipinski definition) is 0. The predicted octanol–water partition coefficient (Wildman–Crippen LogP) is 16.9. The van der Waals surface area contributed by atoms with Crippen molar-refractivity contribution in [1.29, 1.82) is 0 Å². The molecule has 0 aliphatic rings.